The number of rotatable bonds is 7. The summed E-state index contributed by atoms with van der Waals surface area (Å²) in [7, 11) is 1.35. The van der Waals surface area contributed by atoms with E-state index in [2.05, 4.69) is 27.8 Å². The van der Waals surface area contributed by atoms with E-state index in [0.29, 0.717) is 23.8 Å². The molecule has 1 aliphatic rings. The molecule has 0 radical (unpaired) electrons. The summed E-state index contributed by atoms with van der Waals surface area (Å²) in [5.74, 6) is 0.650. The van der Waals surface area contributed by atoms with Crippen molar-refractivity contribution in [3.05, 3.63) is 59.1 Å². The zero-order chi connectivity index (χ0) is 20.9. The topological polar surface area (TPSA) is 71.9 Å². The molecule has 0 bridgehead atoms. The SMILES string of the molecule is COC(=O)c1ccc(OC[C@H](O)CN2CCC[C@H](c3nc4ccccc4s3)C2)cc1. The lowest BCUT2D eigenvalue weighted by Gasteiger charge is -2.33. The minimum atomic E-state index is -0.584. The highest BCUT2D eigenvalue weighted by Crippen LogP contribution is 2.32. The number of methoxy groups -OCH3 is 1. The van der Waals surface area contributed by atoms with E-state index in [0.717, 1.165) is 31.4 Å². The van der Waals surface area contributed by atoms with Gasteiger partial charge in [-0.15, -0.1) is 11.3 Å². The van der Waals surface area contributed by atoms with Gasteiger partial charge in [-0.3, -0.25) is 4.90 Å². The first-order valence-electron chi connectivity index (χ1n) is 10.2. The van der Waals surface area contributed by atoms with E-state index in [1.165, 1.54) is 16.8 Å². The van der Waals surface area contributed by atoms with Crippen molar-refractivity contribution in [3.8, 4) is 5.75 Å². The Labute approximate surface area is 180 Å². The molecule has 4 rings (SSSR count). The fourth-order valence-electron chi connectivity index (χ4n) is 3.84. The molecule has 0 spiro atoms. The normalized spacial score (nSPS) is 18.3. The molecule has 2 atom stereocenters. The maximum Gasteiger partial charge on any atom is 0.337 e. The fraction of sp³-hybridized carbons (Fsp3) is 0.391. The smallest absolute Gasteiger partial charge is 0.337 e. The van der Waals surface area contributed by atoms with E-state index in [-0.39, 0.29) is 12.6 Å². The summed E-state index contributed by atoms with van der Waals surface area (Å²) in [5.41, 5.74) is 1.54. The lowest BCUT2D eigenvalue weighted by Crippen LogP contribution is -2.41. The van der Waals surface area contributed by atoms with E-state index >= 15 is 0 Å². The second-order valence-corrected chi connectivity index (χ2v) is 8.66. The van der Waals surface area contributed by atoms with Crippen LogP contribution >= 0.6 is 11.3 Å². The first-order valence-corrected chi connectivity index (χ1v) is 11.0. The number of hydrogen-bond donors (Lipinski definition) is 1. The van der Waals surface area contributed by atoms with Gasteiger partial charge < -0.3 is 14.6 Å². The van der Waals surface area contributed by atoms with Gasteiger partial charge in [0.1, 0.15) is 18.5 Å². The largest absolute Gasteiger partial charge is 0.491 e. The van der Waals surface area contributed by atoms with Crippen LogP contribution in [0, 0.1) is 0 Å². The molecule has 1 fully saturated rings. The third kappa shape index (κ3) is 4.98. The number of esters is 1. The maximum absolute atomic E-state index is 11.5. The summed E-state index contributed by atoms with van der Waals surface area (Å²) >= 11 is 1.78. The molecular formula is C23H26N2O4S. The van der Waals surface area contributed by atoms with Crippen molar-refractivity contribution in [2.45, 2.75) is 24.9 Å². The number of thiazole rings is 1. The van der Waals surface area contributed by atoms with Crippen LogP contribution in [0.15, 0.2) is 48.5 Å². The average molecular weight is 427 g/mol. The molecule has 158 valence electrons. The Morgan fingerprint density at radius 2 is 2.07 bits per heavy atom. The molecule has 6 nitrogen and oxygen atoms in total. The number of piperidine rings is 1. The maximum atomic E-state index is 11.5. The molecule has 0 aliphatic carbocycles. The molecule has 3 aromatic rings. The highest BCUT2D eigenvalue weighted by molar-refractivity contribution is 7.18. The van der Waals surface area contributed by atoms with E-state index in [4.69, 9.17) is 9.72 Å². The third-order valence-electron chi connectivity index (χ3n) is 5.35. The highest BCUT2D eigenvalue weighted by Gasteiger charge is 2.25. The Morgan fingerprint density at radius 3 is 2.83 bits per heavy atom. The molecule has 1 aliphatic heterocycles. The summed E-state index contributed by atoms with van der Waals surface area (Å²) in [5, 5.41) is 11.7. The van der Waals surface area contributed by atoms with Crippen molar-refractivity contribution >= 4 is 27.5 Å². The lowest BCUT2D eigenvalue weighted by atomic mass is 9.98. The first-order chi connectivity index (χ1) is 14.6. The fourth-order valence-corrected chi connectivity index (χ4v) is 4.93. The Balaban J connectivity index is 1.28. The van der Waals surface area contributed by atoms with Crippen molar-refractivity contribution in [3.63, 3.8) is 0 Å². The van der Waals surface area contributed by atoms with E-state index in [1.807, 2.05) is 6.07 Å². The number of likely N-dealkylation sites (tertiary alicyclic amines) is 1. The van der Waals surface area contributed by atoms with Crippen LogP contribution in [0.3, 0.4) is 0 Å². The number of aliphatic hydroxyl groups excluding tert-OH is 1. The number of para-hydroxylation sites is 1. The molecule has 1 N–H and O–H groups in total. The molecule has 1 saturated heterocycles. The second-order valence-electron chi connectivity index (χ2n) is 7.60. The van der Waals surface area contributed by atoms with Crippen LogP contribution in [0.2, 0.25) is 0 Å². The zero-order valence-corrected chi connectivity index (χ0v) is 17.8. The monoisotopic (exact) mass is 426 g/mol. The Kier molecular flexibility index (Phi) is 6.62. The zero-order valence-electron chi connectivity index (χ0n) is 17.0. The predicted octanol–water partition coefficient (Wildman–Crippen LogP) is 3.70. The number of aromatic nitrogens is 1. The second kappa shape index (κ2) is 9.55. The molecule has 7 heteroatoms. The summed E-state index contributed by atoms with van der Waals surface area (Å²) < 4.78 is 11.6. The first kappa shape index (κ1) is 20.8. The molecule has 30 heavy (non-hydrogen) atoms. The van der Waals surface area contributed by atoms with Crippen LogP contribution in [0.1, 0.15) is 34.1 Å². The summed E-state index contributed by atoms with van der Waals surface area (Å²) in [4.78, 5) is 18.6. The molecule has 0 amide bonds. The van der Waals surface area contributed by atoms with E-state index in [1.54, 1.807) is 35.6 Å². The van der Waals surface area contributed by atoms with Crippen molar-refractivity contribution in [1.29, 1.82) is 0 Å². The van der Waals surface area contributed by atoms with Gasteiger partial charge in [-0.05, 0) is 55.8 Å². The number of carbonyl (C=O) groups is 1. The number of aliphatic hydroxyl groups is 1. The van der Waals surface area contributed by atoms with E-state index < -0.39 is 6.10 Å². The Hall–Kier alpha value is -2.48. The number of fused-ring (bicyclic) bond motifs is 1. The standard InChI is InChI=1S/C23H26N2O4S/c1-28-23(27)16-8-10-19(11-9-16)29-15-18(26)14-25-12-4-5-17(13-25)22-24-20-6-2-3-7-21(20)30-22/h2-3,6-11,17-18,26H,4-5,12-15H2,1H3/t17-,18+/m0/s1. The molecule has 0 unspecified atom stereocenters. The van der Waals surface area contributed by atoms with Gasteiger partial charge in [0.05, 0.1) is 27.9 Å². The minimum Gasteiger partial charge on any atom is -0.491 e. The van der Waals surface area contributed by atoms with Gasteiger partial charge in [-0.2, -0.15) is 0 Å². The number of nitrogens with zero attached hydrogens (tertiary/aromatic N) is 2. The summed E-state index contributed by atoms with van der Waals surface area (Å²) in [6.45, 7) is 2.67. The molecule has 0 saturated carbocycles. The predicted molar refractivity (Wildman–Crippen MR) is 117 cm³/mol. The van der Waals surface area contributed by atoms with Gasteiger partial charge in [0.15, 0.2) is 0 Å². The van der Waals surface area contributed by atoms with Gasteiger partial charge in [-0.1, -0.05) is 12.1 Å². The van der Waals surface area contributed by atoms with Crippen LogP contribution < -0.4 is 4.74 Å². The number of benzene rings is 2. The van der Waals surface area contributed by atoms with Crippen LogP contribution in [0.25, 0.3) is 10.2 Å². The Bertz CT molecular complexity index is 955. The minimum absolute atomic E-state index is 0.208. The quantitative estimate of drug-likeness (QED) is 0.581. The van der Waals surface area contributed by atoms with Crippen molar-refractivity contribution in [2.75, 3.05) is 33.4 Å². The number of carbonyl (C=O) groups excluding carboxylic acids is 1. The molecule has 2 aromatic carbocycles. The highest BCUT2D eigenvalue weighted by atomic mass is 32.1. The van der Waals surface area contributed by atoms with Crippen LogP contribution in [-0.4, -0.2) is 60.4 Å². The lowest BCUT2D eigenvalue weighted by molar-refractivity contribution is 0.0578. The van der Waals surface area contributed by atoms with Gasteiger partial charge in [0, 0.05) is 19.0 Å². The van der Waals surface area contributed by atoms with Crippen LogP contribution in [-0.2, 0) is 4.74 Å². The number of β-amino-alcohol motifs (C(OH)–C–C–N with tert-alkyl or cyclic N) is 1. The van der Waals surface area contributed by atoms with Gasteiger partial charge in [-0.25, -0.2) is 9.78 Å². The Morgan fingerprint density at radius 1 is 1.27 bits per heavy atom. The molecule has 2 heterocycles. The third-order valence-corrected chi connectivity index (χ3v) is 6.55. The van der Waals surface area contributed by atoms with Crippen molar-refractivity contribution < 1.29 is 19.4 Å². The molecule has 1 aromatic heterocycles. The van der Waals surface area contributed by atoms with Crippen LogP contribution in [0.4, 0.5) is 0 Å². The van der Waals surface area contributed by atoms with Gasteiger partial charge in [0.2, 0.25) is 0 Å². The summed E-state index contributed by atoms with van der Waals surface area (Å²) in [6.07, 6.45) is 1.65. The van der Waals surface area contributed by atoms with E-state index in [9.17, 15) is 9.90 Å². The van der Waals surface area contributed by atoms with Gasteiger partial charge >= 0.3 is 5.97 Å². The number of ether oxygens (including phenoxy) is 2. The van der Waals surface area contributed by atoms with Crippen molar-refractivity contribution in [1.82, 2.24) is 9.88 Å². The van der Waals surface area contributed by atoms with Gasteiger partial charge in [0.25, 0.3) is 0 Å². The number of hydrogen-bond acceptors (Lipinski definition) is 7. The average Bonchev–Trinajstić information content (AvgIpc) is 3.22. The van der Waals surface area contributed by atoms with Crippen molar-refractivity contribution in [2.24, 2.45) is 0 Å². The molecular weight excluding hydrogens is 400 g/mol. The van der Waals surface area contributed by atoms with Crippen LogP contribution in [0.5, 0.6) is 5.75 Å². The summed E-state index contributed by atoms with van der Waals surface area (Å²) in [6, 6.07) is 15.0.